The van der Waals surface area contributed by atoms with Gasteiger partial charge in [-0.3, -0.25) is 4.98 Å². The van der Waals surface area contributed by atoms with Gasteiger partial charge in [-0.05, 0) is 13.0 Å². The van der Waals surface area contributed by atoms with E-state index in [-0.39, 0.29) is 0 Å². The minimum atomic E-state index is 0.346. The summed E-state index contributed by atoms with van der Waals surface area (Å²) < 4.78 is 1.56. The highest BCUT2D eigenvalue weighted by molar-refractivity contribution is 5.78. The van der Waals surface area contributed by atoms with Crippen molar-refractivity contribution in [2.45, 2.75) is 6.92 Å². The minimum absolute atomic E-state index is 0.346. The van der Waals surface area contributed by atoms with Crippen molar-refractivity contribution in [3.8, 4) is 5.95 Å². The third-order valence-electron chi connectivity index (χ3n) is 2.77. The zero-order chi connectivity index (χ0) is 12.7. The number of aromatic nitrogens is 5. The molecular formula is C11H11N7. The van der Waals surface area contributed by atoms with Gasteiger partial charge < -0.3 is 11.5 Å². The molecule has 0 aliphatic rings. The van der Waals surface area contributed by atoms with Crippen LogP contribution in [0.5, 0.6) is 0 Å². The Hall–Kier alpha value is -2.70. The van der Waals surface area contributed by atoms with Crippen molar-refractivity contribution in [3.05, 3.63) is 30.2 Å². The van der Waals surface area contributed by atoms with Gasteiger partial charge in [0.05, 0.1) is 17.9 Å². The third kappa shape index (κ3) is 1.45. The van der Waals surface area contributed by atoms with E-state index < -0.39 is 0 Å². The monoisotopic (exact) mass is 241 g/mol. The number of hydrogen-bond donors (Lipinski definition) is 2. The van der Waals surface area contributed by atoms with Crippen molar-refractivity contribution in [3.63, 3.8) is 0 Å². The maximum absolute atomic E-state index is 5.78. The molecule has 0 radical (unpaired) electrons. The molecule has 0 fully saturated rings. The van der Waals surface area contributed by atoms with E-state index in [0.717, 1.165) is 10.9 Å². The molecule has 3 rings (SSSR count). The molecule has 18 heavy (non-hydrogen) atoms. The fourth-order valence-corrected chi connectivity index (χ4v) is 1.66. The van der Waals surface area contributed by atoms with Gasteiger partial charge in [-0.2, -0.15) is 19.7 Å². The van der Waals surface area contributed by atoms with Crippen LogP contribution in [0.15, 0.2) is 24.7 Å². The van der Waals surface area contributed by atoms with Gasteiger partial charge in [0, 0.05) is 17.1 Å². The Kier molecular flexibility index (Phi) is 2.12. The molecule has 90 valence electrons. The average molecular weight is 241 g/mol. The highest BCUT2D eigenvalue weighted by Gasteiger charge is 2.11. The van der Waals surface area contributed by atoms with Crippen LogP contribution in [0.3, 0.4) is 0 Å². The fourth-order valence-electron chi connectivity index (χ4n) is 1.66. The van der Waals surface area contributed by atoms with E-state index in [1.807, 2.05) is 6.07 Å². The van der Waals surface area contributed by atoms with Crippen LogP contribution in [0, 0.1) is 6.92 Å². The number of nitrogen functional groups attached to an aromatic ring is 2. The molecule has 0 spiro atoms. The summed E-state index contributed by atoms with van der Waals surface area (Å²) in [5.74, 6) is 1.05. The van der Waals surface area contributed by atoms with E-state index in [1.165, 1.54) is 0 Å². The number of anilines is 2. The number of nitrogens with two attached hydrogens (primary N) is 2. The number of fused-ring (bicyclic) bond motifs is 1. The normalized spacial score (nSPS) is 10.9. The smallest absolute Gasteiger partial charge is 0.255 e. The van der Waals surface area contributed by atoms with Gasteiger partial charge in [-0.1, -0.05) is 0 Å². The first-order chi connectivity index (χ1) is 8.66. The summed E-state index contributed by atoms with van der Waals surface area (Å²) in [6, 6.07) is 1.86. The van der Waals surface area contributed by atoms with E-state index in [4.69, 9.17) is 11.5 Å². The number of nitrogens with zero attached hydrogens (tertiary/aromatic N) is 5. The molecule has 0 aliphatic heterocycles. The Bertz CT molecular complexity index is 708. The molecule has 0 bridgehead atoms. The summed E-state index contributed by atoms with van der Waals surface area (Å²) in [6.45, 7) is 1.77. The maximum atomic E-state index is 5.78. The molecule has 0 amide bonds. The number of pyridine rings is 1. The van der Waals surface area contributed by atoms with E-state index in [2.05, 4.69) is 20.1 Å². The zero-order valence-corrected chi connectivity index (χ0v) is 9.70. The first-order valence-corrected chi connectivity index (χ1v) is 5.34. The molecular weight excluding hydrogens is 230 g/mol. The van der Waals surface area contributed by atoms with Crippen molar-refractivity contribution in [2.24, 2.45) is 0 Å². The first kappa shape index (κ1) is 10.5. The largest absolute Gasteiger partial charge is 0.383 e. The van der Waals surface area contributed by atoms with Crippen molar-refractivity contribution in [1.82, 2.24) is 24.7 Å². The van der Waals surface area contributed by atoms with Crippen LogP contribution in [0.4, 0.5) is 11.6 Å². The van der Waals surface area contributed by atoms with Gasteiger partial charge in [0.2, 0.25) is 0 Å². The third-order valence-corrected chi connectivity index (χ3v) is 2.77. The molecule has 3 aromatic rings. The fraction of sp³-hybridized carbons (Fsp3) is 0.0909. The molecule has 0 atom stereocenters. The predicted octanol–water partition coefficient (Wildman–Crippen LogP) is 0.683. The standard InChI is InChI=1S/C11H11N7/c1-6-9(12)16-11(17-10(6)13)18-8-5-14-3-2-7(8)4-15-18/h2-5H,1H3,(H4,12,13,16,17). The minimum Gasteiger partial charge on any atom is -0.383 e. The molecule has 0 unspecified atom stereocenters. The van der Waals surface area contributed by atoms with Crippen LogP contribution in [0.2, 0.25) is 0 Å². The lowest BCUT2D eigenvalue weighted by Crippen LogP contribution is -2.09. The van der Waals surface area contributed by atoms with Crippen LogP contribution < -0.4 is 11.5 Å². The Morgan fingerprint density at radius 3 is 2.56 bits per heavy atom. The Balaban J connectivity index is 2.26. The average Bonchev–Trinajstić information content (AvgIpc) is 2.79. The van der Waals surface area contributed by atoms with Crippen molar-refractivity contribution < 1.29 is 0 Å². The second-order valence-corrected chi connectivity index (χ2v) is 3.91. The molecule has 0 aromatic carbocycles. The van der Waals surface area contributed by atoms with Crippen LogP contribution in [0.1, 0.15) is 5.56 Å². The Labute approximate surface area is 102 Å². The summed E-state index contributed by atoms with van der Waals surface area (Å²) in [6.07, 6.45) is 5.11. The van der Waals surface area contributed by atoms with Crippen LogP contribution in [0.25, 0.3) is 16.9 Å². The first-order valence-electron chi connectivity index (χ1n) is 5.34. The predicted molar refractivity (Wildman–Crippen MR) is 68.0 cm³/mol. The Morgan fingerprint density at radius 2 is 1.83 bits per heavy atom. The van der Waals surface area contributed by atoms with Crippen molar-refractivity contribution in [2.75, 3.05) is 11.5 Å². The number of rotatable bonds is 1. The van der Waals surface area contributed by atoms with E-state index >= 15 is 0 Å². The summed E-state index contributed by atoms with van der Waals surface area (Å²) in [5, 5.41) is 5.17. The topological polar surface area (TPSA) is 109 Å². The maximum Gasteiger partial charge on any atom is 0.255 e. The van der Waals surface area contributed by atoms with Crippen LogP contribution in [-0.2, 0) is 0 Å². The molecule has 3 aromatic heterocycles. The van der Waals surface area contributed by atoms with Gasteiger partial charge in [-0.15, -0.1) is 0 Å². The molecule has 3 heterocycles. The summed E-state index contributed by atoms with van der Waals surface area (Å²) in [7, 11) is 0. The lowest BCUT2D eigenvalue weighted by molar-refractivity contribution is 0.834. The van der Waals surface area contributed by atoms with Crippen LogP contribution in [-0.4, -0.2) is 24.7 Å². The molecule has 4 N–H and O–H groups in total. The molecule has 0 saturated carbocycles. The van der Waals surface area contributed by atoms with Crippen LogP contribution >= 0.6 is 0 Å². The lowest BCUT2D eigenvalue weighted by atomic mass is 10.3. The molecule has 7 heteroatoms. The molecule has 0 aliphatic carbocycles. The van der Waals surface area contributed by atoms with Gasteiger partial charge in [0.25, 0.3) is 5.95 Å². The summed E-state index contributed by atoms with van der Waals surface area (Å²) >= 11 is 0. The van der Waals surface area contributed by atoms with E-state index in [9.17, 15) is 0 Å². The van der Waals surface area contributed by atoms with Crippen molar-refractivity contribution in [1.29, 1.82) is 0 Å². The second-order valence-electron chi connectivity index (χ2n) is 3.91. The highest BCUT2D eigenvalue weighted by atomic mass is 15.4. The summed E-state index contributed by atoms with van der Waals surface area (Å²) in [4.78, 5) is 12.4. The van der Waals surface area contributed by atoms with Gasteiger partial charge in [0.1, 0.15) is 11.6 Å². The highest BCUT2D eigenvalue weighted by Crippen LogP contribution is 2.19. The number of hydrogen-bond acceptors (Lipinski definition) is 6. The second kappa shape index (κ2) is 3.66. The summed E-state index contributed by atoms with van der Waals surface area (Å²) in [5.41, 5.74) is 13.0. The Morgan fingerprint density at radius 1 is 1.11 bits per heavy atom. The van der Waals surface area contributed by atoms with Gasteiger partial charge in [0.15, 0.2) is 0 Å². The van der Waals surface area contributed by atoms with Gasteiger partial charge >= 0.3 is 0 Å². The SMILES string of the molecule is Cc1c(N)nc(-n2ncc3ccncc32)nc1N. The van der Waals surface area contributed by atoms with E-state index in [1.54, 1.807) is 30.2 Å². The van der Waals surface area contributed by atoms with Gasteiger partial charge in [-0.25, -0.2) is 0 Å². The molecule has 0 saturated heterocycles. The molecule has 7 nitrogen and oxygen atoms in total. The lowest BCUT2D eigenvalue weighted by Gasteiger charge is -2.06. The van der Waals surface area contributed by atoms with Crippen molar-refractivity contribution >= 4 is 22.5 Å². The quantitative estimate of drug-likeness (QED) is 0.648. The van der Waals surface area contributed by atoms with E-state index in [0.29, 0.717) is 23.1 Å². The zero-order valence-electron chi connectivity index (χ0n) is 9.70.